The first-order chi connectivity index (χ1) is 15.2. The fraction of sp³-hybridized carbons (Fsp3) is 0.120. The number of H-pyrrole nitrogens is 1. The van der Waals surface area contributed by atoms with Gasteiger partial charge in [-0.3, -0.25) is 4.98 Å². The molecule has 2 aromatic carbocycles. The molecular formula is C25H21FN4O. The van der Waals surface area contributed by atoms with Crippen LogP contribution in [0.3, 0.4) is 0 Å². The van der Waals surface area contributed by atoms with Gasteiger partial charge in [-0.15, -0.1) is 0 Å². The van der Waals surface area contributed by atoms with Gasteiger partial charge in [0.15, 0.2) is 0 Å². The van der Waals surface area contributed by atoms with Crippen LogP contribution >= 0.6 is 0 Å². The number of pyridine rings is 2. The zero-order valence-corrected chi connectivity index (χ0v) is 16.8. The van der Waals surface area contributed by atoms with Gasteiger partial charge >= 0.3 is 0 Å². The number of nitrogens with two attached hydrogens (primary N) is 1. The lowest BCUT2D eigenvalue weighted by Crippen LogP contribution is -2.30. The minimum Gasteiger partial charge on any atom is -0.490 e. The number of aromatic amines is 1. The Hall–Kier alpha value is -3.77. The van der Waals surface area contributed by atoms with E-state index in [1.807, 2.05) is 42.6 Å². The lowest BCUT2D eigenvalue weighted by atomic mass is 10.0. The molecular weight excluding hydrogens is 391 g/mol. The summed E-state index contributed by atoms with van der Waals surface area (Å²) < 4.78 is 19.4. The Morgan fingerprint density at radius 2 is 1.87 bits per heavy atom. The third kappa shape index (κ3) is 4.11. The van der Waals surface area contributed by atoms with Crippen molar-refractivity contribution in [3.8, 4) is 16.9 Å². The van der Waals surface area contributed by atoms with Crippen molar-refractivity contribution < 1.29 is 9.13 Å². The van der Waals surface area contributed by atoms with Gasteiger partial charge in [-0.05, 0) is 41.1 Å². The molecule has 0 bridgehead atoms. The normalized spacial score (nSPS) is 12.3. The Morgan fingerprint density at radius 3 is 2.81 bits per heavy atom. The molecule has 0 saturated carbocycles. The van der Waals surface area contributed by atoms with Crippen LogP contribution in [0.5, 0.6) is 5.75 Å². The lowest BCUT2D eigenvalue weighted by molar-refractivity contribution is 0.287. The van der Waals surface area contributed by atoms with E-state index in [0.29, 0.717) is 18.8 Å². The van der Waals surface area contributed by atoms with Gasteiger partial charge in [-0.1, -0.05) is 30.3 Å². The van der Waals surface area contributed by atoms with Crippen molar-refractivity contribution in [2.45, 2.75) is 12.5 Å². The molecule has 1 atom stereocenters. The van der Waals surface area contributed by atoms with E-state index >= 15 is 0 Å². The number of benzene rings is 2. The van der Waals surface area contributed by atoms with E-state index in [1.54, 1.807) is 12.4 Å². The van der Waals surface area contributed by atoms with Crippen molar-refractivity contribution in [2.75, 3.05) is 6.61 Å². The number of hydrogen-bond donors (Lipinski definition) is 2. The molecule has 5 rings (SSSR count). The van der Waals surface area contributed by atoms with E-state index in [0.717, 1.165) is 27.4 Å². The largest absolute Gasteiger partial charge is 0.490 e. The number of fused-ring (bicyclic) bond motifs is 2. The predicted octanol–water partition coefficient (Wildman–Crippen LogP) is 4.87. The van der Waals surface area contributed by atoms with Crippen molar-refractivity contribution >= 4 is 21.7 Å². The fourth-order valence-corrected chi connectivity index (χ4v) is 3.79. The molecule has 0 amide bonds. The molecule has 0 aliphatic heterocycles. The quantitative estimate of drug-likeness (QED) is 0.390. The van der Waals surface area contributed by atoms with E-state index in [9.17, 15) is 4.39 Å². The summed E-state index contributed by atoms with van der Waals surface area (Å²) in [7, 11) is 0. The first-order valence-electron chi connectivity index (χ1n) is 10.1. The standard InChI is InChI=1S/C25H21FN4O/c26-25-10-18-7-16(5-6-17(18)12-30-25)19-9-22(14-28-11-19)31-15-21(27)8-20-13-29-24-4-2-1-3-23(20)24/h1-7,9-14,21,29H,8,15,27H2/t21-/m0/s1. The van der Waals surface area contributed by atoms with Crippen molar-refractivity contribution in [3.05, 3.63) is 90.9 Å². The van der Waals surface area contributed by atoms with Crippen LogP contribution < -0.4 is 10.5 Å². The lowest BCUT2D eigenvalue weighted by Gasteiger charge is -2.13. The molecule has 3 N–H and O–H groups in total. The van der Waals surface area contributed by atoms with Gasteiger partial charge in [0.25, 0.3) is 0 Å². The third-order valence-electron chi connectivity index (χ3n) is 5.36. The first-order valence-corrected chi connectivity index (χ1v) is 10.1. The molecule has 0 unspecified atom stereocenters. The third-order valence-corrected chi connectivity index (χ3v) is 5.36. The molecule has 0 aliphatic carbocycles. The van der Waals surface area contributed by atoms with Gasteiger partial charge in [0.2, 0.25) is 5.95 Å². The Kier molecular flexibility index (Phi) is 5.06. The molecule has 0 spiro atoms. The zero-order valence-electron chi connectivity index (χ0n) is 16.8. The van der Waals surface area contributed by atoms with Crippen LogP contribution in [-0.2, 0) is 6.42 Å². The van der Waals surface area contributed by atoms with Gasteiger partial charge in [-0.25, -0.2) is 4.98 Å². The molecule has 0 fully saturated rings. The predicted molar refractivity (Wildman–Crippen MR) is 120 cm³/mol. The van der Waals surface area contributed by atoms with Gasteiger partial charge in [-0.2, -0.15) is 4.39 Å². The summed E-state index contributed by atoms with van der Waals surface area (Å²) in [6.07, 6.45) is 7.68. The summed E-state index contributed by atoms with van der Waals surface area (Å²) in [6.45, 7) is 0.374. The Labute approximate surface area is 178 Å². The van der Waals surface area contributed by atoms with Crippen LogP contribution in [0.25, 0.3) is 32.8 Å². The Balaban J connectivity index is 1.29. The van der Waals surface area contributed by atoms with Gasteiger partial charge in [0.05, 0.1) is 6.20 Å². The SMILES string of the molecule is N[C@H](COc1cncc(-c2ccc3cnc(F)cc3c2)c1)Cc1c[nH]c2ccccc12. The van der Waals surface area contributed by atoms with E-state index in [4.69, 9.17) is 10.5 Å². The highest BCUT2D eigenvalue weighted by atomic mass is 19.1. The highest BCUT2D eigenvalue weighted by molar-refractivity contribution is 5.86. The molecule has 0 saturated heterocycles. The van der Waals surface area contributed by atoms with Gasteiger partial charge in [0, 0.05) is 52.6 Å². The smallest absolute Gasteiger partial charge is 0.213 e. The molecule has 0 aliphatic rings. The van der Waals surface area contributed by atoms with Crippen LogP contribution in [0.1, 0.15) is 5.56 Å². The van der Waals surface area contributed by atoms with Crippen LogP contribution in [0, 0.1) is 5.95 Å². The maximum absolute atomic E-state index is 13.5. The molecule has 154 valence electrons. The zero-order chi connectivity index (χ0) is 21.2. The Morgan fingerprint density at radius 1 is 0.968 bits per heavy atom. The van der Waals surface area contributed by atoms with E-state index < -0.39 is 5.95 Å². The first kappa shape index (κ1) is 19.2. The van der Waals surface area contributed by atoms with Crippen LogP contribution in [0.4, 0.5) is 4.39 Å². The van der Waals surface area contributed by atoms with Crippen molar-refractivity contribution in [1.29, 1.82) is 0 Å². The summed E-state index contributed by atoms with van der Waals surface area (Å²) in [5.41, 5.74) is 10.4. The summed E-state index contributed by atoms with van der Waals surface area (Å²) in [6, 6.07) is 17.2. The second-order valence-electron chi connectivity index (χ2n) is 7.61. The van der Waals surface area contributed by atoms with Crippen LogP contribution in [-0.4, -0.2) is 27.6 Å². The van der Waals surface area contributed by atoms with Crippen molar-refractivity contribution in [1.82, 2.24) is 15.0 Å². The maximum Gasteiger partial charge on any atom is 0.213 e. The van der Waals surface area contributed by atoms with Gasteiger partial charge < -0.3 is 15.5 Å². The molecule has 3 aromatic heterocycles. The number of para-hydroxylation sites is 1. The number of nitrogens with one attached hydrogen (secondary N) is 1. The summed E-state index contributed by atoms with van der Waals surface area (Å²) in [4.78, 5) is 11.3. The van der Waals surface area contributed by atoms with E-state index in [-0.39, 0.29) is 6.04 Å². The number of nitrogens with zero attached hydrogens (tertiary/aromatic N) is 2. The number of ether oxygens (including phenoxy) is 1. The van der Waals surface area contributed by atoms with Crippen molar-refractivity contribution in [3.63, 3.8) is 0 Å². The van der Waals surface area contributed by atoms with E-state index in [1.165, 1.54) is 23.2 Å². The van der Waals surface area contributed by atoms with Crippen LogP contribution in [0.2, 0.25) is 0 Å². The molecule has 5 nitrogen and oxygen atoms in total. The average Bonchev–Trinajstić information content (AvgIpc) is 3.20. The highest BCUT2D eigenvalue weighted by Crippen LogP contribution is 2.26. The second kappa shape index (κ2) is 8.16. The van der Waals surface area contributed by atoms with Gasteiger partial charge in [0.1, 0.15) is 12.4 Å². The minimum atomic E-state index is -0.496. The summed E-state index contributed by atoms with van der Waals surface area (Å²) in [5.74, 6) is 0.150. The van der Waals surface area contributed by atoms with Crippen molar-refractivity contribution in [2.24, 2.45) is 5.73 Å². The fourth-order valence-electron chi connectivity index (χ4n) is 3.79. The molecule has 0 radical (unpaired) electrons. The summed E-state index contributed by atoms with van der Waals surface area (Å²) >= 11 is 0. The number of rotatable bonds is 6. The second-order valence-corrected chi connectivity index (χ2v) is 7.61. The molecule has 6 heteroatoms. The number of aromatic nitrogens is 3. The highest BCUT2D eigenvalue weighted by Gasteiger charge is 2.10. The Bertz CT molecular complexity index is 1360. The topological polar surface area (TPSA) is 76.8 Å². The molecule has 5 aromatic rings. The minimum absolute atomic E-state index is 0.154. The summed E-state index contributed by atoms with van der Waals surface area (Å²) in [5, 5.41) is 2.86. The molecule has 31 heavy (non-hydrogen) atoms. The maximum atomic E-state index is 13.5. The van der Waals surface area contributed by atoms with E-state index in [2.05, 4.69) is 27.1 Å². The molecule has 3 heterocycles. The number of hydrogen-bond acceptors (Lipinski definition) is 4. The monoisotopic (exact) mass is 412 g/mol. The number of halogens is 1. The van der Waals surface area contributed by atoms with Crippen LogP contribution in [0.15, 0.2) is 79.4 Å². The average molecular weight is 412 g/mol.